The highest BCUT2D eigenvalue weighted by Gasteiger charge is 2.10. The molecule has 4 aromatic rings. The van der Waals surface area contributed by atoms with Crippen LogP contribution in [0.2, 0.25) is 5.02 Å². The van der Waals surface area contributed by atoms with E-state index in [4.69, 9.17) is 11.6 Å². The zero-order valence-corrected chi connectivity index (χ0v) is 20.8. The number of phenolic OH excluding ortho intramolecular Hbond substituents is 1. The molecule has 0 saturated heterocycles. The molecule has 0 spiro atoms. The molecule has 2 N–H and O–H groups in total. The third-order valence-corrected chi connectivity index (χ3v) is 6.32. The molecule has 0 aliphatic rings. The molecule has 4 rings (SSSR count). The molecule has 1 amide bonds. The van der Waals surface area contributed by atoms with E-state index in [1.54, 1.807) is 18.3 Å². The van der Waals surface area contributed by atoms with Crippen LogP contribution in [0.15, 0.2) is 94.4 Å². The highest BCUT2D eigenvalue weighted by atomic mass is 79.9. The fourth-order valence-corrected chi connectivity index (χ4v) is 4.30. The number of benzene rings is 4. The Balaban J connectivity index is 1.54. The second-order valence-corrected chi connectivity index (χ2v) is 9.12. The molecular formula is C28H22BrClN2O2. The molecule has 0 heterocycles. The van der Waals surface area contributed by atoms with Crippen LogP contribution in [0.25, 0.3) is 0 Å². The summed E-state index contributed by atoms with van der Waals surface area (Å²) in [5.41, 5.74) is 5.38. The first kappa shape index (κ1) is 23.7. The van der Waals surface area contributed by atoms with Crippen molar-refractivity contribution < 1.29 is 9.90 Å². The van der Waals surface area contributed by atoms with Crippen LogP contribution in [0.5, 0.6) is 5.75 Å². The first-order valence-corrected chi connectivity index (χ1v) is 11.8. The first-order chi connectivity index (χ1) is 16.4. The summed E-state index contributed by atoms with van der Waals surface area (Å²) in [5, 5.41) is 14.1. The van der Waals surface area contributed by atoms with Gasteiger partial charge in [-0.1, -0.05) is 54.1 Å². The van der Waals surface area contributed by atoms with Gasteiger partial charge in [0.15, 0.2) is 0 Å². The largest absolute Gasteiger partial charge is 0.506 e. The van der Waals surface area contributed by atoms with Gasteiger partial charge in [-0.05, 0) is 88.4 Å². The lowest BCUT2D eigenvalue weighted by atomic mass is 10.0. The van der Waals surface area contributed by atoms with Gasteiger partial charge in [0.25, 0.3) is 5.91 Å². The number of anilines is 1. The number of phenols is 1. The molecule has 0 unspecified atom stereocenters. The molecule has 0 saturated carbocycles. The molecule has 0 radical (unpaired) electrons. The minimum absolute atomic E-state index is 0.107. The molecule has 0 aliphatic carbocycles. The van der Waals surface area contributed by atoms with Gasteiger partial charge in [0.05, 0.1) is 10.2 Å². The Morgan fingerprint density at radius 2 is 1.79 bits per heavy atom. The fraction of sp³-hybridized carbons (Fsp3) is 0.0714. The van der Waals surface area contributed by atoms with E-state index in [0.717, 1.165) is 16.7 Å². The Kier molecular flexibility index (Phi) is 7.46. The number of nitrogens with one attached hydrogen (secondary N) is 1. The first-order valence-electron chi connectivity index (χ1n) is 10.7. The molecule has 0 bridgehead atoms. The lowest BCUT2D eigenvalue weighted by Gasteiger charge is -2.09. The average molecular weight is 534 g/mol. The van der Waals surface area contributed by atoms with Crippen molar-refractivity contribution in [3.05, 3.63) is 122 Å². The van der Waals surface area contributed by atoms with Crippen molar-refractivity contribution in [1.82, 2.24) is 0 Å². The van der Waals surface area contributed by atoms with Crippen LogP contribution in [0, 0.1) is 6.92 Å². The Labute approximate surface area is 212 Å². The molecule has 4 aromatic carbocycles. The van der Waals surface area contributed by atoms with Gasteiger partial charge in [0.1, 0.15) is 5.75 Å². The second-order valence-electron chi connectivity index (χ2n) is 7.86. The number of hydrogen-bond acceptors (Lipinski definition) is 3. The van der Waals surface area contributed by atoms with Gasteiger partial charge in [0.2, 0.25) is 0 Å². The van der Waals surface area contributed by atoms with Crippen LogP contribution in [0.1, 0.15) is 32.6 Å². The van der Waals surface area contributed by atoms with Gasteiger partial charge >= 0.3 is 0 Å². The second kappa shape index (κ2) is 10.7. The Bertz CT molecular complexity index is 1380. The molecular weight excluding hydrogens is 512 g/mol. The summed E-state index contributed by atoms with van der Waals surface area (Å²) < 4.78 is 0.581. The van der Waals surface area contributed by atoms with Crippen molar-refractivity contribution in [2.24, 2.45) is 4.99 Å². The van der Waals surface area contributed by atoms with Gasteiger partial charge in [-0.3, -0.25) is 9.79 Å². The van der Waals surface area contributed by atoms with Crippen LogP contribution >= 0.6 is 27.5 Å². The highest BCUT2D eigenvalue weighted by molar-refractivity contribution is 9.10. The lowest BCUT2D eigenvalue weighted by Crippen LogP contribution is -2.13. The SMILES string of the molecule is Cc1ccccc1C(=O)Nc1cccc(N=Cc2cc(Cc3ccccc3Cl)cc(Br)c2O)c1. The number of carbonyl (C=O) groups is 1. The molecule has 0 aliphatic heterocycles. The van der Waals surface area contributed by atoms with E-state index in [1.807, 2.05) is 79.7 Å². The number of rotatable bonds is 6. The van der Waals surface area contributed by atoms with E-state index >= 15 is 0 Å². The number of carbonyl (C=O) groups excluding carboxylic acids is 1. The molecule has 0 atom stereocenters. The Morgan fingerprint density at radius 3 is 2.59 bits per heavy atom. The summed E-state index contributed by atoms with van der Waals surface area (Å²) in [6, 6.07) is 26.1. The zero-order valence-electron chi connectivity index (χ0n) is 18.4. The summed E-state index contributed by atoms with van der Waals surface area (Å²) in [5.74, 6) is -0.0660. The number of aliphatic imine (C=N–C) groups is 1. The van der Waals surface area contributed by atoms with Gasteiger partial charge in [-0.15, -0.1) is 0 Å². The van der Waals surface area contributed by atoms with Crippen molar-refractivity contribution in [2.45, 2.75) is 13.3 Å². The van der Waals surface area contributed by atoms with Crippen molar-refractivity contribution in [2.75, 3.05) is 5.32 Å². The maximum absolute atomic E-state index is 12.6. The summed E-state index contributed by atoms with van der Waals surface area (Å²) in [6.07, 6.45) is 2.23. The van der Waals surface area contributed by atoms with Crippen LogP contribution in [0.3, 0.4) is 0 Å². The van der Waals surface area contributed by atoms with Crippen molar-refractivity contribution in [3.8, 4) is 5.75 Å². The maximum atomic E-state index is 12.6. The van der Waals surface area contributed by atoms with Crippen LogP contribution in [-0.2, 0) is 6.42 Å². The Morgan fingerprint density at radius 1 is 1.03 bits per heavy atom. The van der Waals surface area contributed by atoms with E-state index in [2.05, 4.69) is 26.2 Å². The third-order valence-electron chi connectivity index (χ3n) is 5.35. The zero-order chi connectivity index (χ0) is 24.1. The molecule has 4 nitrogen and oxygen atoms in total. The number of aromatic hydroxyl groups is 1. The minimum Gasteiger partial charge on any atom is -0.506 e. The lowest BCUT2D eigenvalue weighted by molar-refractivity contribution is 0.102. The van der Waals surface area contributed by atoms with Gasteiger partial charge in [-0.2, -0.15) is 0 Å². The van der Waals surface area contributed by atoms with Crippen LogP contribution < -0.4 is 5.32 Å². The fourth-order valence-electron chi connectivity index (χ4n) is 3.58. The molecule has 170 valence electrons. The van der Waals surface area contributed by atoms with E-state index in [-0.39, 0.29) is 11.7 Å². The Hall–Kier alpha value is -3.41. The van der Waals surface area contributed by atoms with Crippen LogP contribution in [-0.4, -0.2) is 17.2 Å². The predicted octanol–water partition coefficient (Wildman–Crippen LogP) is 7.71. The number of halogens is 2. The quantitative estimate of drug-likeness (QED) is 0.249. The topological polar surface area (TPSA) is 61.7 Å². The van der Waals surface area contributed by atoms with Crippen LogP contribution in [0.4, 0.5) is 11.4 Å². The summed E-state index contributed by atoms with van der Waals surface area (Å²) in [4.78, 5) is 17.1. The molecule has 6 heteroatoms. The van der Waals surface area contributed by atoms with Crippen molar-refractivity contribution in [1.29, 1.82) is 0 Å². The summed E-state index contributed by atoms with van der Waals surface area (Å²) in [7, 11) is 0. The smallest absolute Gasteiger partial charge is 0.255 e. The van der Waals surface area contributed by atoms with E-state index < -0.39 is 0 Å². The highest BCUT2D eigenvalue weighted by Crippen LogP contribution is 2.31. The summed E-state index contributed by atoms with van der Waals surface area (Å²) in [6.45, 7) is 1.90. The van der Waals surface area contributed by atoms with Gasteiger partial charge in [-0.25, -0.2) is 0 Å². The van der Waals surface area contributed by atoms with E-state index in [9.17, 15) is 9.90 Å². The van der Waals surface area contributed by atoms with Gasteiger partial charge < -0.3 is 10.4 Å². The van der Waals surface area contributed by atoms with E-state index in [1.165, 1.54) is 0 Å². The van der Waals surface area contributed by atoms with E-state index in [0.29, 0.717) is 38.4 Å². The molecule has 0 aromatic heterocycles. The summed E-state index contributed by atoms with van der Waals surface area (Å²) >= 11 is 9.74. The minimum atomic E-state index is -0.173. The molecule has 0 fully saturated rings. The number of nitrogens with zero attached hydrogens (tertiary/aromatic N) is 1. The number of hydrogen-bond donors (Lipinski definition) is 2. The standard InChI is InChI=1S/C28H22BrClN2O2/c1-18-7-2-4-11-24(18)28(34)32-23-10-6-9-22(16-23)31-17-21-14-19(15-25(29)27(21)33)13-20-8-3-5-12-26(20)30/h2-12,14-17,33H,13H2,1H3,(H,32,34). The van der Waals surface area contributed by atoms with Crippen molar-refractivity contribution >= 4 is 51.0 Å². The predicted molar refractivity (Wildman–Crippen MR) is 143 cm³/mol. The third kappa shape index (κ3) is 5.74. The normalized spacial score (nSPS) is 11.0. The van der Waals surface area contributed by atoms with Gasteiger partial charge in [0, 0.05) is 28.1 Å². The average Bonchev–Trinajstić information content (AvgIpc) is 2.82. The monoisotopic (exact) mass is 532 g/mol. The maximum Gasteiger partial charge on any atom is 0.255 e. The number of amides is 1. The number of aryl methyl sites for hydroxylation is 1. The van der Waals surface area contributed by atoms with Crippen molar-refractivity contribution in [3.63, 3.8) is 0 Å². The molecule has 34 heavy (non-hydrogen) atoms.